The summed E-state index contributed by atoms with van der Waals surface area (Å²) in [6, 6.07) is -2.41. The highest BCUT2D eigenvalue weighted by atomic mass is 16.5. The SMILES string of the molecule is CCC[C@H](NC(=O)[C@H](C(C)C)N(C)C(=O)C1NCCC1C(C)C)C(=O)N1CCC[C@@H](C(=O)OCC(C)(C)CCC)N1. The molecule has 0 saturated carbocycles. The zero-order valence-corrected chi connectivity index (χ0v) is 27.0. The Kier molecular flexibility index (Phi) is 13.5. The molecule has 0 aromatic heterocycles. The zero-order chi connectivity index (χ0) is 30.9. The van der Waals surface area contributed by atoms with E-state index < -0.39 is 18.1 Å². The van der Waals surface area contributed by atoms with Crippen LogP contribution in [0.5, 0.6) is 0 Å². The van der Waals surface area contributed by atoms with Gasteiger partial charge in [-0.2, -0.15) is 0 Å². The molecule has 0 radical (unpaired) electrons. The largest absolute Gasteiger partial charge is 0.464 e. The Bertz CT molecular complexity index is 892. The molecular formula is C31H57N5O5. The molecule has 10 nitrogen and oxygen atoms in total. The molecule has 0 aromatic carbocycles. The molecular weight excluding hydrogens is 522 g/mol. The Balaban J connectivity index is 2.09. The van der Waals surface area contributed by atoms with Gasteiger partial charge in [-0.3, -0.25) is 24.2 Å². The monoisotopic (exact) mass is 579 g/mol. The molecule has 2 fully saturated rings. The maximum atomic E-state index is 13.6. The molecule has 0 aromatic rings. The van der Waals surface area contributed by atoms with Crippen molar-refractivity contribution in [3.63, 3.8) is 0 Å². The summed E-state index contributed by atoms with van der Waals surface area (Å²) in [5.74, 6) is -0.642. The molecule has 0 bridgehead atoms. The van der Waals surface area contributed by atoms with E-state index in [1.54, 1.807) is 11.9 Å². The highest BCUT2D eigenvalue weighted by Crippen LogP contribution is 2.27. The standard InChI is InChI=1S/C31H57N5O5/c1-10-13-23(28(38)36-18-12-14-24(34-36)30(40)41-19-31(7,8)16-11-2)33-27(37)26(21(5)6)35(9)29(39)25-22(20(3)4)15-17-32-25/h20-26,32,34H,10-19H2,1-9H3,(H,33,37)/t22?,23-,24-,25?,26-/m0/s1. The Morgan fingerprint density at radius 3 is 2.34 bits per heavy atom. The lowest BCUT2D eigenvalue weighted by Gasteiger charge is -2.37. The van der Waals surface area contributed by atoms with Crippen molar-refractivity contribution in [1.29, 1.82) is 0 Å². The number of nitrogens with one attached hydrogen (secondary N) is 3. The summed E-state index contributed by atoms with van der Waals surface area (Å²) in [6.07, 6.45) is 5.27. The van der Waals surface area contributed by atoms with Crippen LogP contribution in [0.2, 0.25) is 0 Å². The molecule has 2 rings (SSSR count). The summed E-state index contributed by atoms with van der Waals surface area (Å²) < 4.78 is 5.62. The molecule has 2 aliphatic rings. The van der Waals surface area contributed by atoms with Crippen molar-refractivity contribution in [3.8, 4) is 0 Å². The minimum absolute atomic E-state index is 0.0883. The fourth-order valence-electron chi connectivity index (χ4n) is 6.22. The Morgan fingerprint density at radius 1 is 1.07 bits per heavy atom. The van der Waals surface area contributed by atoms with Gasteiger partial charge in [-0.1, -0.05) is 68.2 Å². The van der Waals surface area contributed by atoms with E-state index in [0.717, 1.165) is 25.8 Å². The molecule has 41 heavy (non-hydrogen) atoms. The van der Waals surface area contributed by atoms with Crippen LogP contribution in [0.1, 0.15) is 100 Å². The average Bonchev–Trinajstić information content (AvgIpc) is 3.41. The first kappa shape index (κ1) is 35.0. The fourth-order valence-corrected chi connectivity index (χ4v) is 6.22. The third-order valence-corrected chi connectivity index (χ3v) is 8.52. The molecule has 0 aliphatic carbocycles. The van der Waals surface area contributed by atoms with Crippen molar-refractivity contribution in [2.75, 3.05) is 26.7 Å². The van der Waals surface area contributed by atoms with Gasteiger partial charge < -0.3 is 20.3 Å². The van der Waals surface area contributed by atoms with Crippen molar-refractivity contribution in [1.82, 2.24) is 26.0 Å². The number of hydrogen-bond donors (Lipinski definition) is 3. The van der Waals surface area contributed by atoms with E-state index in [-0.39, 0.29) is 47.0 Å². The molecule has 3 amide bonds. The van der Waals surface area contributed by atoms with Gasteiger partial charge in [0.15, 0.2) is 0 Å². The van der Waals surface area contributed by atoms with Crippen LogP contribution in [-0.4, -0.2) is 84.5 Å². The number of carbonyl (C=O) groups is 4. The van der Waals surface area contributed by atoms with Gasteiger partial charge in [0.2, 0.25) is 11.8 Å². The van der Waals surface area contributed by atoms with E-state index in [1.807, 2.05) is 20.8 Å². The maximum Gasteiger partial charge on any atom is 0.324 e. The van der Waals surface area contributed by atoms with Crippen LogP contribution in [0, 0.1) is 23.2 Å². The summed E-state index contributed by atoms with van der Waals surface area (Å²) in [5.41, 5.74) is 2.96. The smallest absolute Gasteiger partial charge is 0.324 e. The molecule has 2 aliphatic heterocycles. The quantitative estimate of drug-likeness (QED) is 0.270. The minimum Gasteiger partial charge on any atom is -0.464 e. The zero-order valence-electron chi connectivity index (χ0n) is 27.0. The normalized spacial score (nSPS) is 22.9. The predicted molar refractivity (Wildman–Crippen MR) is 160 cm³/mol. The van der Waals surface area contributed by atoms with Crippen molar-refractivity contribution < 1.29 is 23.9 Å². The first-order chi connectivity index (χ1) is 19.2. The van der Waals surface area contributed by atoms with Crippen molar-refractivity contribution >= 4 is 23.7 Å². The first-order valence-electron chi connectivity index (χ1n) is 15.8. The van der Waals surface area contributed by atoms with Gasteiger partial charge in [-0.25, -0.2) is 5.43 Å². The predicted octanol–water partition coefficient (Wildman–Crippen LogP) is 3.25. The summed E-state index contributed by atoms with van der Waals surface area (Å²) in [7, 11) is 1.69. The Morgan fingerprint density at radius 2 is 1.76 bits per heavy atom. The second-order valence-electron chi connectivity index (χ2n) is 13.5. The van der Waals surface area contributed by atoms with E-state index in [9.17, 15) is 19.2 Å². The summed E-state index contributed by atoms with van der Waals surface area (Å²) >= 11 is 0. The maximum absolute atomic E-state index is 13.6. The number of rotatable bonds is 14. The van der Waals surface area contributed by atoms with Gasteiger partial charge in [0.05, 0.1) is 12.6 Å². The minimum atomic E-state index is -0.768. The number of nitrogens with zero attached hydrogens (tertiary/aromatic N) is 2. The molecule has 10 heteroatoms. The van der Waals surface area contributed by atoms with Crippen molar-refractivity contribution in [2.24, 2.45) is 23.2 Å². The lowest BCUT2D eigenvalue weighted by molar-refractivity contribution is -0.155. The number of likely N-dealkylation sites (N-methyl/N-ethyl adjacent to an activating group) is 1. The second-order valence-corrected chi connectivity index (χ2v) is 13.5. The topological polar surface area (TPSA) is 120 Å². The van der Waals surface area contributed by atoms with Crippen LogP contribution in [0.15, 0.2) is 0 Å². The number of hydrogen-bond acceptors (Lipinski definition) is 7. The number of amides is 3. The summed E-state index contributed by atoms with van der Waals surface area (Å²) in [5, 5.41) is 7.75. The van der Waals surface area contributed by atoms with E-state index in [4.69, 9.17) is 4.74 Å². The lowest BCUT2D eigenvalue weighted by atomic mass is 9.87. The van der Waals surface area contributed by atoms with Gasteiger partial charge in [0.1, 0.15) is 18.1 Å². The lowest BCUT2D eigenvalue weighted by Crippen LogP contribution is -2.62. The summed E-state index contributed by atoms with van der Waals surface area (Å²) in [4.78, 5) is 55.2. The van der Waals surface area contributed by atoms with Crippen LogP contribution in [-0.2, 0) is 23.9 Å². The highest BCUT2D eigenvalue weighted by Gasteiger charge is 2.41. The average molecular weight is 580 g/mol. The van der Waals surface area contributed by atoms with Crippen LogP contribution in [0.4, 0.5) is 0 Å². The van der Waals surface area contributed by atoms with Crippen molar-refractivity contribution in [2.45, 2.75) is 125 Å². The number of carbonyl (C=O) groups excluding carboxylic acids is 4. The highest BCUT2D eigenvalue weighted by molar-refractivity contribution is 5.93. The van der Waals surface area contributed by atoms with E-state index in [2.05, 4.69) is 50.7 Å². The molecule has 3 N–H and O–H groups in total. The van der Waals surface area contributed by atoms with Gasteiger partial charge in [-0.15, -0.1) is 0 Å². The third-order valence-electron chi connectivity index (χ3n) is 8.52. The van der Waals surface area contributed by atoms with Gasteiger partial charge >= 0.3 is 5.97 Å². The Hall–Kier alpha value is -2.20. The number of hydrazine groups is 1. The van der Waals surface area contributed by atoms with Crippen molar-refractivity contribution in [3.05, 3.63) is 0 Å². The van der Waals surface area contributed by atoms with Crippen LogP contribution < -0.4 is 16.1 Å². The number of esters is 1. The molecule has 0 spiro atoms. The van der Waals surface area contributed by atoms with Gasteiger partial charge in [0.25, 0.3) is 5.91 Å². The molecule has 236 valence electrons. The first-order valence-corrected chi connectivity index (χ1v) is 15.8. The van der Waals surface area contributed by atoms with Crippen LogP contribution >= 0.6 is 0 Å². The summed E-state index contributed by atoms with van der Waals surface area (Å²) in [6.45, 7) is 17.9. The third kappa shape index (κ3) is 9.66. The molecule has 2 heterocycles. The Labute approximate surface area is 248 Å². The van der Waals surface area contributed by atoms with Crippen LogP contribution in [0.3, 0.4) is 0 Å². The van der Waals surface area contributed by atoms with E-state index in [1.165, 1.54) is 5.01 Å². The number of ether oxygens (including phenoxy) is 1. The molecule has 5 atom stereocenters. The van der Waals surface area contributed by atoms with E-state index >= 15 is 0 Å². The fraction of sp³-hybridized carbons (Fsp3) is 0.871. The van der Waals surface area contributed by atoms with Crippen LogP contribution in [0.25, 0.3) is 0 Å². The second kappa shape index (κ2) is 15.9. The molecule has 2 unspecified atom stereocenters. The van der Waals surface area contributed by atoms with Gasteiger partial charge in [-0.05, 0) is 61.8 Å². The van der Waals surface area contributed by atoms with E-state index in [0.29, 0.717) is 44.8 Å². The molecule has 2 saturated heterocycles. The van der Waals surface area contributed by atoms with Gasteiger partial charge in [0, 0.05) is 13.6 Å².